The molecule has 0 amide bonds. The minimum Gasteiger partial charge on any atom is -0.333 e. The molecule has 3 nitrogen and oxygen atoms in total. The Morgan fingerprint density at radius 2 is 1.95 bits per heavy atom. The number of rotatable bonds is 7. The maximum absolute atomic E-state index is 5.99. The molecule has 0 spiro atoms. The second-order valence-electron chi connectivity index (χ2n) is 4.92. The van der Waals surface area contributed by atoms with Crippen molar-refractivity contribution in [2.45, 2.75) is 39.3 Å². The van der Waals surface area contributed by atoms with Crippen molar-refractivity contribution in [2.24, 2.45) is 0 Å². The summed E-state index contributed by atoms with van der Waals surface area (Å²) in [5.41, 5.74) is 1.20. The van der Waals surface area contributed by atoms with E-state index in [0.29, 0.717) is 0 Å². The van der Waals surface area contributed by atoms with Gasteiger partial charge in [-0.3, -0.25) is 0 Å². The molecule has 1 atom stereocenters. The first kappa shape index (κ1) is 15.1. The Labute approximate surface area is 126 Å². The molecule has 1 aromatic carbocycles. The number of hydrogen-bond donors (Lipinski definition) is 1. The fourth-order valence-electron chi connectivity index (χ4n) is 2.31. The Balaban J connectivity index is 2.31. The van der Waals surface area contributed by atoms with Crippen LogP contribution in [0.15, 0.2) is 36.7 Å². The summed E-state index contributed by atoms with van der Waals surface area (Å²) >= 11 is 5.99. The zero-order chi connectivity index (χ0) is 14.4. The summed E-state index contributed by atoms with van der Waals surface area (Å²) in [5.74, 6) is 1.07. The third kappa shape index (κ3) is 3.62. The van der Waals surface area contributed by atoms with Gasteiger partial charge in [-0.2, -0.15) is 0 Å². The van der Waals surface area contributed by atoms with E-state index in [1.165, 1.54) is 5.56 Å². The molecule has 0 fully saturated rings. The molecule has 0 radical (unpaired) electrons. The lowest BCUT2D eigenvalue weighted by atomic mass is 10.1. The second-order valence-corrected chi connectivity index (χ2v) is 5.35. The van der Waals surface area contributed by atoms with E-state index in [-0.39, 0.29) is 6.04 Å². The molecule has 0 saturated carbocycles. The van der Waals surface area contributed by atoms with Crippen LogP contribution in [0.4, 0.5) is 0 Å². The molecule has 0 bridgehead atoms. The molecule has 1 N–H and O–H groups in total. The number of halogens is 1. The van der Waals surface area contributed by atoms with Gasteiger partial charge in [-0.1, -0.05) is 37.6 Å². The molecule has 4 heteroatoms. The van der Waals surface area contributed by atoms with Crippen molar-refractivity contribution >= 4 is 11.6 Å². The number of nitrogens with one attached hydrogen (secondary N) is 1. The Morgan fingerprint density at radius 3 is 2.60 bits per heavy atom. The van der Waals surface area contributed by atoms with E-state index in [9.17, 15) is 0 Å². The molecule has 108 valence electrons. The van der Waals surface area contributed by atoms with Crippen LogP contribution in [-0.2, 0) is 6.54 Å². The molecule has 0 aliphatic rings. The number of nitrogens with zero attached hydrogens (tertiary/aromatic N) is 2. The minimum absolute atomic E-state index is 0.119. The van der Waals surface area contributed by atoms with Gasteiger partial charge in [0.05, 0.1) is 6.04 Å². The van der Waals surface area contributed by atoms with Crippen LogP contribution in [0.2, 0.25) is 5.02 Å². The molecule has 0 aliphatic carbocycles. The molecule has 20 heavy (non-hydrogen) atoms. The van der Waals surface area contributed by atoms with Crippen LogP contribution >= 0.6 is 11.6 Å². The van der Waals surface area contributed by atoms with Gasteiger partial charge in [-0.25, -0.2) is 4.98 Å². The average molecular weight is 292 g/mol. The highest BCUT2D eigenvalue weighted by Gasteiger charge is 2.18. The SMILES string of the molecule is CCCNC(c1ccc(Cl)cc1)c1nccn1CCC. The standard InChI is InChI=1S/C16H22ClN3/c1-3-9-18-15(13-5-7-14(17)8-6-13)16-19-10-12-20(16)11-4-2/h5-8,10,12,15,18H,3-4,9,11H2,1-2H3. The van der Waals surface area contributed by atoms with Crippen molar-refractivity contribution < 1.29 is 0 Å². The number of aryl methyl sites for hydroxylation is 1. The van der Waals surface area contributed by atoms with Crippen LogP contribution in [0.25, 0.3) is 0 Å². The quantitative estimate of drug-likeness (QED) is 0.834. The predicted molar refractivity (Wildman–Crippen MR) is 84.1 cm³/mol. The number of hydrogen-bond acceptors (Lipinski definition) is 2. The van der Waals surface area contributed by atoms with E-state index in [1.54, 1.807) is 0 Å². The fourth-order valence-corrected chi connectivity index (χ4v) is 2.44. The molecule has 2 aromatic rings. The van der Waals surface area contributed by atoms with E-state index >= 15 is 0 Å². The van der Waals surface area contributed by atoms with Gasteiger partial charge >= 0.3 is 0 Å². The van der Waals surface area contributed by atoms with Crippen molar-refractivity contribution in [2.75, 3.05) is 6.54 Å². The molecule has 0 saturated heterocycles. The number of imidazole rings is 1. The van der Waals surface area contributed by atoms with Crippen molar-refractivity contribution in [3.05, 3.63) is 53.1 Å². The summed E-state index contributed by atoms with van der Waals surface area (Å²) in [6.07, 6.45) is 6.12. The summed E-state index contributed by atoms with van der Waals surface area (Å²) in [5, 5.41) is 4.34. The van der Waals surface area contributed by atoms with E-state index in [1.807, 2.05) is 18.3 Å². The van der Waals surface area contributed by atoms with Gasteiger partial charge in [0.25, 0.3) is 0 Å². The summed E-state index contributed by atoms with van der Waals surface area (Å²) in [7, 11) is 0. The first-order chi connectivity index (χ1) is 9.76. The molecular formula is C16H22ClN3. The molecule has 1 aromatic heterocycles. The Morgan fingerprint density at radius 1 is 1.20 bits per heavy atom. The lowest BCUT2D eigenvalue weighted by molar-refractivity contribution is 0.530. The highest BCUT2D eigenvalue weighted by Crippen LogP contribution is 2.22. The van der Waals surface area contributed by atoms with Crippen LogP contribution in [0, 0.1) is 0 Å². The lowest BCUT2D eigenvalue weighted by Crippen LogP contribution is -2.26. The Bertz CT molecular complexity index is 519. The third-order valence-corrected chi connectivity index (χ3v) is 3.52. The summed E-state index contributed by atoms with van der Waals surface area (Å²) in [4.78, 5) is 4.55. The van der Waals surface area contributed by atoms with Gasteiger partial charge in [0.2, 0.25) is 0 Å². The van der Waals surface area contributed by atoms with Crippen LogP contribution in [-0.4, -0.2) is 16.1 Å². The average Bonchev–Trinajstić information content (AvgIpc) is 2.90. The third-order valence-electron chi connectivity index (χ3n) is 3.27. The summed E-state index contributed by atoms with van der Waals surface area (Å²) < 4.78 is 2.22. The molecule has 2 rings (SSSR count). The van der Waals surface area contributed by atoms with Crippen LogP contribution < -0.4 is 5.32 Å². The van der Waals surface area contributed by atoms with Gasteiger partial charge in [0.15, 0.2) is 0 Å². The maximum Gasteiger partial charge on any atom is 0.130 e. The minimum atomic E-state index is 0.119. The fraction of sp³-hybridized carbons (Fsp3) is 0.438. The van der Waals surface area contributed by atoms with E-state index in [2.05, 4.69) is 47.0 Å². The Hall–Kier alpha value is -1.32. The highest BCUT2D eigenvalue weighted by atomic mass is 35.5. The zero-order valence-electron chi connectivity index (χ0n) is 12.1. The van der Waals surface area contributed by atoms with Crippen molar-refractivity contribution in [1.29, 1.82) is 0 Å². The van der Waals surface area contributed by atoms with Gasteiger partial charge in [0, 0.05) is 24.0 Å². The van der Waals surface area contributed by atoms with Crippen molar-refractivity contribution in [3.8, 4) is 0 Å². The molecular weight excluding hydrogens is 270 g/mol. The lowest BCUT2D eigenvalue weighted by Gasteiger charge is -2.20. The first-order valence-corrected chi connectivity index (χ1v) is 7.64. The van der Waals surface area contributed by atoms with Crippen molar-refractivity contribution in [3.63, 3.8) is 0 Å². The molecule has 0 aliphatic heterocycles. The second kappa shape index (κ2) is 7.46. The monoisotopic (exact) mass is 291 g/mol. The van der Waals surface area contributed by atoms with Crippen molar-refractivity contribution in [1.82, 2.24) is 14.9 Å². The Kier molecular flexibility index (Phi) is 5.62. The highest BCUT2D eigenvalue weighted by molar-refractivity contribution is 6.30. The zero-order valence-corrected chi connectivity index (χ0v) is 12.9. The van der Waals surface area contributed by atoms with Gasteiger partial charge in [-0.05, 0) is 37.1 Å². The molecule has 1 unspecified atom stereocenters. The van der Waals surface area contributed by atoms with Gasteiger partial charge in [0.1, 0.15) is 5.82 Å². The predicted octanol–water partition coefficient (Wildman–Crippen LogP) is 4.04. The van der Waals surface area contributed by atoms with E-state index in [0.717, 1.165) is 36.8 Å². The largest absolute Gasteiger partial charge is 0.333 e. The van der Waals surface area contributed by atoms with Crippen LogP contribution in [0.5, 0.6) is 0 Å². The summed E-state index contributed by atoms with van der Waals surface area (Å²) in [6, 6.07) is 8.13. The molecule has 1 heterocycles. The first-order valence-electron chi connectivity index (χ1n) is 7.26. The van der Waals surface area contributed by atoms with Crippen LogP contribution in [0.3, 0.4) is 0 Å². The van der Waals surface area contributed by atoms with Gasteiger partial charge < -0.3 is 9.88 Å². The van der Waals surface area contributed by atoms with Gasteiger partial charge in [-0.15, -0.1) is 0 Å². The number of aromatic nitrogens is 2. The number of benzene rings is 1. The van der Waals surface area contributed by atoms with E-state index < -0.39 is 0 Å². The maximum atomic E-state index is 5.99. The summed E-state index contributed by atoms with van der Waals surface area (Å²) in [6.45, 7) is 6.31. The van der Waals surface area contributed by atoms with Crippen LogP contribution in [0.1, 0.15) is 44.1 Å². The normalized spacial score (nSPS) is 12.6. The topological polar surface area (TPSA) is 29.9 Å². The smallest absolute Gasteiger partial charge is 0.130 e. The van der Waals surface area contributed by atoms with E-state index in [4.69, 9.17) is 11.6 Å².